The first-order chi connectivity index (χ1) is 10.1. The van der Waals surface area contributed by atoms with E-state index in [0.717, 1.165) is 11.8 Å². The van der Waals surface area contributed by atoms with Crippen LogP contribution in [-0.2, 0) is 4.79 Å². The van der Waals surface area contributed by atoms with E-state index >= 15 is 0 Å². The van der Waals surface area contributed by atoms with Crippen LogP contribution in [0.25, 0.3) is 11.5 Å². The third kappa shape index (κ3) is 4.02. The van der Waals surface area contributed by atoms with E-state index in [1.807, 2.05) is 0 Å². The number of carbonyl (C=O) groups is 2. The van der Waals surface area contributed by atoms with Crippen molar-refractivity contribution in [3.8, 4) is 11.5 Å². The zero-order chi connectivity index (χ0) is 15.2. The number of carbonyl (C=O) groups excluding carboxylic acids is 2. The summed E-state index contributed by atoms with van der Waals surface area (Å²) >= 11 is 1.07. The monoisotopic (exact) mass is 307 g/mol. The Balaban J connectivity index is 1.99. The van der Waals surface area contributed by atoms with E-state index in [2.05, 4.69) is 25.8 Å². The van der Waals surface area contributed by atoms with Crippen molar-refractivity contribution >= 4 is 23.7 Å². The number of urea groups is 1. The van der Waals surface area contributed by atoms with Gasteiger partial charge in [0, 0.05) is 19.4 Å². The summed E-state index contributed by atoms with van der Waals surface area (Å²) in [5.74, 6) is -0.120. The van der Waals surface area contributed by atoms with Gasteiger partial charge in [0.25, 0.3) is 5.22 Å². The summed E-state index contributed by atoms with van der Waals surface area (Å²) in [6, 6.07) is 2.98. The topological polar surface area (TPSA) is 110 Å². The average molecular weight is 307 g/mol. The number of thioether (sulfide) groups is 1. The molecule has 0 aliphatic rings. The molecule has 0 aliphatic heterocycles. The number of pyridine rings is 1. The second-order valence-corrected chi connectivity index (χ2v) is 5.24. The average Bonchev–Trinajstić information content (AvgIpc) is 2.96. The lowest BCUT2D eigenvalue weighted by atomic mass is 10.3. The van der Waals surface area contributed by atoms with Gasteiger partial charge in [-0.1, -0.05) is 11.8 Å². The molecule has 0 saturated carbocycles. The maximum absolute atomic E-state index is 11.7. The molecule has 21 heavy (non-hydrogen) atoms. The third-order valence-electron chi connectivity index (χ3n) is 2.43. The number of rotatable bonds is 4. The molecule has 0 radical (unpaired) electrons. The van der Waals surface area contributed by atoms with Gasteiger partial charge in [-0.15, -0.1) is 10.2 Å². The minimum atomic E-state index is -0.561. The Kier molecular flexibility index (Phi) is 4.88. The van der Waals surface area contributed by atoms with E-state index in [9.17, 15) is 9.59 Å². The van der Waals surface area contributed by atoms with Crippen LogP contribution in [0.3, 0.4) is 0 Å². The summed E-state index contributed by atoms with van der Waals surface area (Å²) in [6.07, 6.45) is 3.24. The second kappa shape index (κ2) is 6.84. The second-order valence-electron chi connectivity index (χ2n) is 3.94. The molecule has 2 heterocycles. The lowest BCUT2D eigenvalue weighted by molar-refractivity contribution is -0.119. The fraction of sp³-hybridized carbons (Fsp3) is 0.250. The maximum Gasteiger partial charge on any atom is 0.321 e. The summed E-state index contributed by atoms with van der Waals surface area (Å²) < 4.78 is 5.44. The van der Waals surface area contributed by atoms with Crippen molar-refractivity contribution in [2.45, 2.75) is 17.4 Å². The first-order valence-corrected chi connectivity index (χ1v) is 6.91. The van der Waals surface area contributed by atoms with Gasteiger partial charge in [-0.2, -0.15) is 0 Å². The highest BCUT2D eigenvalue weighted by Gasteiger charge is 2.20. The molecule has 2 rings (SSSR count). The number of aromatic nitrogens is 3. The van der Waals surface area contributed by atoms with Crippen molar-refractivity contribution in [1.82, 2.24) is 25.8 Å². The van der Waals surface area contributed by atoms with Gasteiger partial charge in [-0.3, -0.25) is 15.1 Å². The van der Waals surface area contributed by atoms with E-state index < -0.39 is 17.2 Å². The van der Waals surface area contributed by atoms with Crippen molar-refractivity contribution in [2.24, 2.45) is 0 Å². The van der Waals surface area contributed by atoms with Crippen molar-refractivity contribution in [2.75, 3.05) is 7.05 Å². The molecule has 110 valence electrons. The van der Waals surface area contributed by atoms with Crippen LogP contribution in [0, 0.1) is 0 Å². The highest BCUT2D eigenvalue weighted by Crippen LogP contribution is 2.25. The van der Waals surface area contributed by atoms with E-state index in [4.69, 9.17) is 4.42 Å². The lowest BCUT2D eigenvalue weighted by Gasteiger charge is -2.07. The normalized spacial score (nSPS) is 11.7. The smallest absolute Gasteiger partial charge is 0.321 e. The molecule has 0 aromatic carbocycles. The number of imide groups is 1. The van der Waals surface area contributed by atoms with Gasteiger partial charge in [0.2, 0.25) is 11.8 Å². The van der Waals surface area contributed by atoms with Gasteiger partial charge in [0.05, 0.1) is 10.8 Å². The van der Waals surface area contributed by atoms with Crippen molar-refractivity contribution in [3.05, 3.63) is 24.5 Å². The van der Waals surface area contributed by atoms with Crippen LogP contribution in [0.1, 0.15) is 6.92 Å². The molecular formula is C12H13N5O3S. The summed E-state index contributed by atoms with van der Waals surface area (Å²) in [7, 11) is 1.43. The molecule has 0 spiro atoms. The Morgan fingerprint density at radius 3 is 2.86 bits per heavy atom. The summed E-state index contributed by atoms with van der Waals surface area (Å²) in [5.41, 5.74) is 0.694. The number of nitrogens with one attached hydrogen (secondary N) is 2. The molecule has 0 fully saturated rings. The van der Waals surface area contributed by atoms with E-state index in [-0.39, 0.29) is 5.22 Å². The number of hydrogen-bond acceptors (Lipinski definition) is 7. The van der Waals surface area contributed by atoms with E-state index in [1.165, 1.54) is 7.05 Å². The number of nitrogens with zero attached hydrogens (tertiary/aromatic N) is 3. The molecule has 2 N–H and O–H groups in total. The predicted molar refractivity (Wildman–Crippen MR) is 75.4 cm³/mol. The fourth-order valence-electron chi connectivity index (χ4n) is 1.34. The number of amides is 3. The molecule has 2 aromatic rings. The van der Waals surface area contributed by atoms with Gasteiger partial charge >= 0.3 is 6.03 Å². The molecule has 0 unspecified atom stereocenters. The van der Waals surface area contributed by atoms with Crippen LogP contribution >= 0.6 is 11.8 Å². The van der Waals surface area contributed by atoms with Crippen LogP contribution in [0.5, 0.6) is 0 Å². The SMILES string of the molecule is CNC(=O)NC(=O)[C@@H](C)Sc1nnc(-c2cccnc2)o1. The van der Waals surface area contributed by atoms with Gasteiger partial charge in [-0.05, 0) is 19.1 Å². The minimum absolute atomic E-state index is 0.244. The minimum Gasteiger partial charge on any atom is -0.411 e. The van der Waals surface area contributed by atoms with Crippen molar-refractivity contribution < 1.29 is 14.0 Å². The fourth-order valence-corrected chi connectivity index (χ4v) is 2.03. The lowest BCUT2D eigenvalue weighted by Crippen LogP contribution is -2.41. The van der Waals surface area contributed by atoms with Crippen LogP contribution in [0.4, 0.5) is 4.79 Å². The predicted octanol–water partition coefficient (Wildman–Crippen LogP) is 1.07. The van der Waals surface area contributed by atoms with Gasteiger partial charge in [0.1, 0.15) is 0 Å². The first-order valence-electron chi connectivity index (χ1n) is 6.03. The highest BCUT2D eigenvalue weighted by molar-refractivity contribution is 8.00. The van der Waals surface area contributed by atoms with Crippen LogP contribution in [0.2, 0.25) is 0 Å². The Hall–Kier alpha value is -2.42. The van der Waals surface area contributed by atoms with Gasteiger partial charge < -0.3 is 9.73 Å². The zero-order valence-corrected chi connectivity index (χ0v) is 12.2. The van der Waals surface area contributed by atoms with E-state index in [0.29, 0.717) is 11.5 Å². The molecule has 2 aromatic heterocycles. The Morgan fingerprint density at radius 1 is 1.38 bits per heavy atom. The highest BCUT2D eigenvalue weighted by atomic mass is 32.2. The molecule has 0 bridgehead atoms. The molecule has 1 atom stereocenters. The molecule has 3 amide bonds. The van der Waals surface area contributed by atoms with Crippen LogP contribution < -0.4 is 10.6 Å². The summed E-state index contributed by atoms with van der Waals surface area (Å²) in [5, 5.41) is 11.9. The molecule has 8 nitrogen and oxygen atoms in total. The van der Waals surface area contributed by atoms with Crippen LogP contribution in [-0.4, -0.2) is 39.4 Å². The third-order valence-corrected chi connectivity index (χ3v) is 3.36. The largest absolute Gasteiger partial charge is 0.411 e. The Labute approximate surface area is 124 Å². The zero-order valence-electron chi connectivity index (χ0n) is 11.4. The van der Waals surface area contributed by atoms with Gasteiger partial charge in [-0.25, -0.2) is 4.79 Å². The molecule has 0 saturated heterocycles. The maximum atomic E-state index is 11.7. The Bertz CT molecular complexity index is 631. The number of hydrogen-bond donors (Lipinski definition) is 2. The quantitative estimate of drug-likeness (QED) is 0.813. The molecular weight excluding hydrogens is 294 g/mol. The summed E-state index contributed by atoms with van der Waals surface area (Å²) in [6.45, 7) is 1.64. The molecule has 0 aliphatic carbocycles. The Morgan fingerprint density at radius 2 is 2.19 bits per heavy atom. The standard InChI is InChI=1S/C12H13N5O3S/c1-7(9(18)15-11(19)13-2)21-12-17-16-10(20-12)8-4-3-5-14-6-8/h3-7H,1-2H3,(H2,13,15,18,19)/t7-/m1/s1. The van der Waals surface area contributed by atoms with Gasteiger partial charge in [0.15, 0.2) is 0 Å². The van der Waals surface area contributed by atoms with E-state index in [1.54, 1.807) is 31.5 Å². The van der Waals surface area contributed by atoms with Crippen LogP contribution in [0.15, 0.2) is 34.2 Å². The summed E-state index contributed by atoms with van der Waals surface area (Å²) in [4.78, 5) is 26.7. The van der Waals surface area contributed by atoms with Crippen molar-refractivity contribution in [3.63, 3.8) is 0 Å². The molecule has 9 heteroatoms. The first kappa shape index (κ1) is 15.0. The van der Waals surface area contributed by atoms with Crippen molar-refractivity contribution in [1.29, 1.82) is 0 Å².